The lowest BCUT2D eigenvalue weighted by Gasteiger charge is -2.09. The molecule has 1 rings (SSSR count). The van der Waals surface area contributed by atoms with Gasteiger partial charge in [0.1, 0.15) is 0 Å². The molecule has 1 aliphatic rings. The van der Waals surface area contributed by atoms with Crippen LogP contribution < -0.4 is 0 Å². The van der Waals surface area contributed by atoms with Gasteiger partial charge in [-0.25, -0.2) is 0 Å². The van der Waals surface area contributed by atoms with E-state index >= 15 is 0 Å². The molecule has 0 spiro atoms. The summed E-state index contributed by atoms with van der Waals surface area (Å²) in [4.78, 5) is 0. The minimum atomic E-state index is 0.534. The van der Waals surface area contributed by atoms with Gasteiger partial charge in [-0.15, -0.1) is 0 Å². The zero-order valence-corrected chi connectivity index (χ0v) is 8.07. The van der Waals surface area contributed by atoms with E-state index in [-0.39, 0.29) is 0 Å². The maximum Gasteiger partial charge on any atom is -0.00779 e. The lowest BCUT2D eigenvalue weighted by atomic mass is 9.96. The molecule has 0 radical (unpaired) electrons. The molecule has 0 amide bonds. The quantitative estimate of drug-likeness (QED) is 0.526. The highest BCUT2D eigenvalue weighted by Gasteiger charge is 2.39. The Hall–Kier alpha value is -0.520. The van der Waals surface area contributed by atoms with Gasteiger partial charge >= 0.3 is 0 Å². The molecule has 1 fully saturated rings. The summed E-state index contributed by atoms with van der Waals surface area (Å²) in [5.41, 5.74) is 3.47. The van der Waals surface area contributed by atoms with Crippen LogP contribution in [-0.4, -0.2) is 0 Å². The van der Waals surface area contributed by atoms with E-state index in [9.17, 15) is 0 Å². The zero-order valence-electron chi connectivity index (χ0n) is 8.07. The summed E-state index contributed by atoms with van der Waals surface area (Å²) in [7, 11) is 0. The Labute approximate surface area is 70.0 Å². The lowest BCUT2D eigenvalue weighted by molar-refractivity contribution is 0.706. The van der Waals surface area contributed by atoms with E-state index in [2.05, 4.69) is 39.8 Å². The summed E-state index contributed by atoms with van der Waals surface area (Å²) in [6.45, 7) is 8.81. The average Bonchev–Trinajstić information content (AvgIpc) is 2.63. The molecular formula is C11H18. The normalized spacial score (nSPS) is 21.3. The first kappa shape index (κ1) is 8.58. The second-order valence-corrected chi connectivity index (χ2v) is 4.03. The van der Waals surface area contributed by atoms with Crippen molar-refractivity contribution in [3.8, 4) is 0 Å². The second kappa shape index (κ2) is 2.84. The van der Waals surface area contributed by atoms with Crippen LogP contribution in [0.5, 0.6) is 0 Å². The van der Waals surface area contributed by atoms with Crippen molar-refractivity contribution < 1.29 is 0 Å². The predicted octanol–water partition coefficient (Wildman–Crippen LogP) is 3.70. The van der Waals surface area contributed by atoms with Gasteiger partial charge in [-0.2, -0.15) is 0 Å². The summed E-state index contributed by atoms with van der Waals surface area (Å²) < 4.78 is 0. The van der Waals surface area contributed by atoms with Gasteiger partial charge in [0.15, 0.2) is 0 Å². The number of allylic oxidation sites excluding steroid dienone is 4. The molecule has 0 heterocycles. The Morgan fingerprint density at radius 3 is 2.09 bits per heavy atom. The summed E-state index contributed by atoms with van der Waals surface area (Å²) in [5, 5.41) is 0. The van der Waals surface area contributed by atoms with Crippen LogP contribution in [0.15, 0.2) is 23.3 Å². The molecule has 0 atom stereocenters. The van der Waals surface area contributed by atoms with Gasteiger partial charge in [0, 0.05) is 0 Å². The fourth-order valence-corrected chi connectivity index (χ4v) is 1.39. The molecule has 62 valence electrons. The Bertz CT molecular complexity index is 198. The summed E-state index contributed by atoms with van der Waals surface area (Å²) in [6.07, 6.45) is 7.31. The molecule has 0 nitrogen and oxygen atoms in total. The molecule has 1 aliphatic carbocycles. The molecule has 0 N–H and O–H groups in total. The number of hydrogen-bond donors (Lipinski definition) is 0. The van der Waals surface area contributed by atoms with Crippen molar-refractivity contribution in [1.82, 2.24) is 0 Å². The third-order valence-electron chi connectivity index (χ3n) is 2.45. The van der Waals surface area contributed by atoms with Crippen LogP contribution in [0.3, 0.4) is 0 Å². The van der Waals surface area contributed by atoms with Crippen molar-refractivity contribution in [1.29, 1.82) is 0 Å². The first-order valence-electron chi connectivity index (χ1n) is 4.40. The monoisotopic (exact) mass is 150 g/mol. The molecule has 0 aromatic rings. The molecule has 0 heteroatoms. The molecule has 0 bridgehead atoms. The molecule has 0 unspecified atom stereocenters. The van der Waals surface area contributed by atoms with Crippen LogP contribution in [-0.2, 0) is 0 Å². The fraction of sp³-hybridized carbons (Fsp3) is 0.636. The minimum absolute atomic E-state index is 0.534. The lowest BCUT2D eigenvalue weighted by Crippen LogP contribution is -1.95. The van der Waals surface area contributed by atoms with Crippen molar-refractivity contribution in [3.63, 3.8) is 0 Å². The molecule has 1 saturated carbocycles. The third kappa shape index (κ3) is 1.95. The predicted molar refractivity (Wildman–Crippen MR) is 50.5 cm³/mol. The van der Waals surface area contributed by atoms with Crippen LogP contribution in [0.2, 0.25) is 0 Å². The Morgan fingerprint density at radius 1 is 1.27 bits per heavy atom. The highest BCUT2D eigenvalue weighted by atomic mass is 14.4. The van der Waals surface area contributed by atoms with Crippen molar-refractivity contribution >= 4 is 0 Å². The topological polar surface area (TPSA) is 0 Å². The van der Waals surface area contributed by atoms with Crippen LogP contribution in [0.1, 0.15) is 40.5 Å². The third-order valence-corrected chi connectivity index (χ3v) is 2.45. The highest BCUT2D eigenvalue weighted by molar-refractivity contribution is 5.32. The van der Waals surface area contributed by atoms with Crippen molar-refractivity contribution in [2.24, 2.45) is 5.41 Å². The van der Waals surface area contributed by atoms with Crippen LogP contribution in [0, 0.1) is 5.41 Å². The van der Waals surface area contributed by atoms with E-state index in [4.69, 9.17) is 0 Å². The Kier molecular flexibility index (Phi) is 2.22. The molecule has 11 heavy (non-hydrogen) atoms. The van der Waals surface area contributed by atoms with E-state index in [0.717, 1.165) is 0 Å². The maximum atomic E-state index is 2.35. The molecular weight excluding hydrogens is 132 g/mol. The summed E-state index contributed by atoms with van der Waals surface area (Å²) >= 11 is 0. The number of rotatable bonds is 2. The van der Waals surface area contributed by atoms with Gasteiger partial charge in [0.2, 0.25) is 0 Å². The van der Waals surface area contributed by atoms with Crippen molar-refractivity contribution in [2.45, 2.75) is 40.5 Å². The summed E-state index contributed by atoms with van der Waals surface area (Å²) in [6, 6.07) is 0. The maximum absolute atomic E-state index is 2.35. The SMILES string of the molecule is C/C=C(\C=C(C)C)C1(C)CC1. The smallest absolute Gasteiger partial charge is 0.00779 e. The van der Waals surface area contributed by atoms with Gasteiger partial charge in [-0.05, 0) is 44.6 Å². The van der Waals surface area contributed by atoms with Gasteiger partial charge < -0.3 is 0 Å². The van der Waals surface area contributed by atoms with Crippen molar-refractivity contribution in [3.05, 3.63) is 23.3 Å². The van der Waals surface area contributed by atoms with Crippen molar-refractivity contribution in [2.75, 3.05) is 0 Å². The van der Waals surface area contributed by atoms with E-state index < -0.39 is 0 Å². The average molecular weight is 150 g/mol. The van der Waals surface area contributed by atoms with Gasteiger partial charge in [0.25, 0.3) is 0 Å². The molecule has 0 aromatic carbocycles. The Balaban J connectivity index is 2.74. The second-order valence-electron chi connectivity index (χ2n) is 4.03. The zero-order chi connectivity index (χ0) is 8.48. The molecule has 0 aromatic heterocycles. The molecule has 0 saturated heterocycles. The van der Waals surface area contributed by atoms with E-state index in [1.54, 1.807) is 0 Å². The minimum Gasteiger partial charge on any atom is -0.0839 e. The van der Waals surface area contributed by atoms with Gasteiger partial charge in [-0.1, -0.05) is 24.6 Å². The van der Waals surface area contributed by atoms with Crippen LogP contribution in [0.4, 0.5) is 0 Å². The first-order chi connectivity index (χ1) is 5.08. The van der Waals surface area contributed by atoms with E-state index in [0.29, 0.717) is 5.41 Å². The summed E-state index contributed by atoms with van der Waals surface area (Å²) in [5.74, 6) is 0. The van der Waals surface area contributed by atoms with Gasteiger partial charge in [0.05, 0.1) is 0 Å². The van der Waals surface area contributed by atoms with Crippen LogP contribution >= 0.6 is 0 Å². The first-order valence-corrected chi connectivity index (χ1v) is 4.40. The number of hydrogen-bond acceptors (Lipinski definition) is 0. The highest BCUT2D eigenvalue weighted by Crippen LogP contribution is 2.51. The standard InChI is InChI=1S/C11H18/c1-5-10(8-9(2)3)11(4)6-7-11/h5,8H,6-7H2,1-4H3/b10-5+. The van der Waals surface area contributed by atoms with Crippen LogP contribution in [0.25, 0.3) is 0 Å². The largest absolute Gasteiger partial charge is 0.0839 e. The molecule has 0 aliphatic heterocycles. The van der Waals surface area contributed by atoms with E-state index in [1.165, 1.54) is 24.0 Å². The Morgan fingerprint density at radius 2 is 1.82 bits per heavy atom. The van der Waals surface area contributed by atoms with Gasteiger partial charge in [-0.3, -0.25) is 0 Å². The van der Waals surface area contributed by atoms with E-state index in [1.807, 2.05) is 0 Å². The fourth-order valence-electron chi connectivity index (χ4n) is 1.39.